The number of hydrogen-bond donors (Lipinski definition) is 0. The molecule has 16 heavy (non-hydrogen) atoms. The van der Waals surface area contributed by atoms with Crippen molar-refractivity contribution in [1.82, 2.24) is 4.90 Å². The smallest absolute Gasteiger partial charge is 0.0469 e. The fourth-order valence-corrected chi connectivity index (χ4v) is 3.14. The summed E-state index contributed by atoms with van der Waals surface area (Å²) in [6, 6.07) is 0. The summed E-state index contributed by atoms with van der Waals surface area (Å²) in [4.78, 5) is 7.47. The lowest BCUT2D eigenvalue weighted by Gasteiger charge is -2.40. The van der Waals surface area contributed by atoms with Crippen LogP contribution in [-0.2, 0) is 4.74 Å². The zero-order valence-corrected chi connectivity index (χ0v) is 10.0. The molecule has 0 aromatic heterocycles. The summed E-state index contributed by atoms with van der Waals surface area (Å²) >= 11 is 0. The number of aliphatic imine (C=N–C) groups is 1. The number of rotatable bonds is 2. The quantitative estimate of drug-likeness (QED) is 0.708. The Bertz CT molecular complexity index is 263. The van der Waals surface area contributed by atoms with E-state index < -0.39 is 0 Å². The van der Waals surface area contributed by atoms with Gasteiger partial charge in [-0.3, -0.25) is 9.89 Å². The van der Waals surface area contributed by atoms with Crippen molar-refractivity contribution in [1.29, 1.82) is 0 Å². The van der Waals surface area contributed by atoms with Crippen molar-refractivity contribution in [2.45, 2.75) is 25.7 Å². The highest BCUT2D eigenvalue weighted by Crippen LogP contribution is 2.26. The van der Waals surface area contributed by atoms with Gasteiger partial charge in [0, 0.05) is 37.9 Å². The van der Waals surface area contributed by atoms with Crippen molar-refractivity contribution in [3.63, 3.8) is 0 Å². The molecule has 0 aromatic rings. The molecule has 4 saturated heterocycles. The maximum absolute atomic E-state index is 5.38. The third-order valence-electron chi connectivity index (χ3n) is 4.34. The van der Waals surface area contributed by atoms with Crippen LogP contribution < -0.4 is 0 Å². The fourth-order valence-electron chi connectivity index (χ4n) is 3.14. The van der Waals surface area contributed by atoms with Gasteiger partial charge in [-0.1, -0.05) is 0 Å². The van der Waals surface area contributed by atoms with Crippen molar-refractivity contribution < 1.29 is 4.74 Å². The van der Waals surface area contributed by atoms with Crippen LogP contribution in [-0.4, -0.2) is 50.0 Å². The van der Waals surface area contributed by atoms with Gasteiger partial charge in [-0.15, -0.1) is 0 Å². The van der Waals surface area contributed by atoms with Crippen LogP contribution in [0.4, 0.5) is 0 Å². The van der Waals surface area contributed by atoms with Crippen LogP contribution in [0.1, 0.15) is 25.7 Å². The molecule has 2 bridgehead atoms. The standard InChI is InChI=1S/C13H22N2O/c1-5-15-6-2-12(1)13(10-15)14-9-11-3-7-16-8-4-11/h11-12H,1-10H2/b14-13-. The third-order valence-corrected chi connectivity index (χ3v) is 4.34. The zero-order chi connectivity index (χ0) is 10.8. The number of hydrogen-bond acceptors (Lipinski definition) is 3. The molecule has 0 saturated carbocycles. The molecule has 0 amide bonds. The van der Waals surface area contributed by atoms with Crippen molar-refractivity contribution in [3.8, 4) is 0 Å². The van der Waals surface area contributed by atoms with Crippen LogP contribution in [0.15, 0.2) is 4.99 Å². The minimum atomic E-state index is 0.789. The molecule has 4 aliphatic rings. The van der Waals surface area contributed by atoms with E-state index in [-0.39, 0.29) is 0 Å². The fraction of sp³-hybridized carbons (Fsp3) is 0.923. The first-order valence-corrected chi connectivity index (χ1v) is 6.75. The average molecular weight is 222 g/mol. The minimum absolute atomic E-state index is 0.789. The lowest BCUT2D eigenvalue weighted by atomic mass is 9.86. The van der Waals surface area contributed by atoms with Crippen molar-refractivity contribution in [2.24, 2.45) is 16.8 Å². The second-order valence-corrected chi connectivity index (χ2v) is 5.44. The summed E-state index contributed by atoms with van der Waals surface area (Å²) in [6.45, 7) is 6.73. The van der Waals surface area contributed by atoms with E-state index in [0.29, 0.717) is 0 Å². The minimum Gasteiger partial charge on any atom is -0.381 e. The Balaban J connectivity index is 1.55. The molecule has 4 heterocycles. The topological polar surface area (TPSA) is 24.8 Å². The molecule has 0 aromatic carbocycles. The Labute approximate surface area is 97.9 Å². The van der Waals surface area contributed by atoms with Gasteiger partial charge in [-0.25, -0.2) is 0 Å². The molecule has 0 atom stereocenters. The summed E-state index contributed by atoms with van der Waals surface area (Å²) < 4.78 is 5.38. The Kier molecular flexibility index (Phi) is 3.25. The molecule has 0 spiro atoms. The first kappa shape index (κ1) is 10.7. The van der Waals surface area contributed by atoms with E-state index in [1.165, 1.54) is 44.5 Å². The predicted molar refractivity (Wildman–Crippen MR) is 65.0 cm³/mol. The number of ether oxygens (including phenoxy) is 1. The molecule has 0 aliphatic carbocycles. The van der Waals surface area contributed by atoms with Crippen molar-refractivity contribution >= 4 is 5.71 Å². The van der Waals surface area contributed by atoms with Gasteiger partial charge >= 0.3 is 0 Å². The van der Waals surface area contributed by atoms with E-state index in [0.717, 1.165) is 38.1 Å². The summed E-state index contributed by atoms with van der Waals surface area (Å²) in [5.74, 6) is 1.61. The molecule has 90 valence electrons. The second kappa shape index (κ2) is 4.84. The molecule has 3 heteroatoms. The van der Waals surface area contributed by atoms with Gasteiger partial charge in [-0.05, 0) is 44.7 Å². The molecule has 0 radical (unpaired) electrons. The molecule has 0 unspecified atom stereocenters. The largest absolute Gasteiger partial charge is 0.381 e. The van der Waals surface area contributed by atoms with Gasteiger partial charge in [0.25, 0.3) is 0 Å². The van der Waals surface area contributed by atoms with Gasteiger partial charge in [-0.2, -0.15) is 0 Å². The first-order chi connectivity index (χ1) is 7.92. The maximum Gasteiger partial charge on any atom is 0.0469 e. The van der Waals surface area contributed by atoms with Crippen LogP contribution in [0.5, 0.6) is 0 Å². The highest BCUT2D eigenvalue weighted by atomic mass is 16.5. The Hall–Kier alpha value is -0.410. The highest BCUT2D eigenvalue weighted by molar-refractivity contribution is 5.90. The molecule has 4 fully saturated rings. The second-order valence-electron chi connectivity index (χ2n) is 5.44. The summed E-state index contributed by atoms with van der Waals surface area (Å²) in [5.41, 5.74) is 1.50. The van der Waals surface area contributed by atoms with Crippen LogP contribution in [0, 0.1) is 11.8 Å². The highest BCUT2D eigenvalue weighted by Gasteiger charge is 2.30. The molecule has 4 rings (SSSR count). The third kappa shape index (κ3) is 2.30. The van der Waals surface area contributed by atoms with Crippen molar-refractivity contribution in [2.75, 3.05) is 39.4 Å². The van der Waals surface area contributed by atoms with Gasteiger partial charge in [0.2, 0.25) is 0 Å². The van der Waals surface area contributed by atoms with Crippen LogP contribution in [0.25, 0.3) is 0 Å². The molecule has 0 N–H and O–H groups in total. The average Bonchev–Trinajstić information content (AvgIpc) is 2.39. The lowest BCUT2D eigenvalue weighted by molar-refractivity contribution is 0.0688. The predicted octanol–water partition coefficient (Wildman–Crippen LogP) is 1.58. The molecule has 3 nitrogen and oxygen atoms in total. The Morgan fingerprint density at radius 3 is 2.50 bits per heavy atom. The van der Waals surface area contributed by atoms with Crippen molar-refractivity contribution in [3.05, 3.63) is 0 Å². The molecular weight excluding hydrogens is 200 g/mol. The van der Waals surface area contributed by atoms with Gasteiger partial charge < -0.3 is 4.74 Å². The summed E-state index contributed by atoms with van der Waals surface area (Å²) in [7, 11) is 0. The van der Waals surface area contributed by atoms with E-state index in [4.69, 9.17) is 9.73 Å². The molecular formula is C13H22N2O. The van der Waals surface area contributed by atoms with Crippen LogP contribution >= 0.6 is 0 Å². The SMILES string of the molecule is C1CC(C/N=C2/CN3CCC2CC3)CCO1. The monoisotopic (exact) mass is 222 g/mol. The van der Waals surface area contributed by atoms with Crippen LogP contribution in [0.2, 0.25) is 0 Å². The van der Waals surface area contributed by atoms with E-state index in [1.54, 1.807) is 0 Å². The van der Waals surface area contributed by atoms with E-state index in [1.807, 2.05) is 0 Å². The van der Waals surface area contributed by atoms with Gasteiger partial charge in [0.05, 0.1) is 0 Å². The maximum atomic E-state index is 5.38. The number of nitrogens with zero attached hydrogens (tertiary/aromatic N) is 2. The van der Waals surface area contributed by atoms with E-state index in [9.17, 15) is 0 Å². The Morgan fingerprint density at radius 1 is 1.12 bits per heavy atom. The zero-order valence-electron chi connectivity index (χ0n) is 10.0. The van der Waals surface area contributed by atoms with E-state index >= 15 is 0 Å². The lowest BCUT2D eigenvalue weighted by Crippen LogP contribution is -2.48. The van der Waals surface area contributed by atoms with Gasteiger partial charge in [0.1, 0.15) is 0 Å². The van der Waals surface area contributed by atoms with Crippen LogP contribution in [0.3, 0.4) is 0 Å². The normalized spacial score (nSPS) is 38.1. The number of piperidine rings is 3. The Morgan fingerprint density at radius 2 is 1.88 bits per heavy atom. The molecule has 4 aliphatic heterocycles. The summed E-state index contributed by atoms with van der Waals surface area (Å²) in [5, 5.41) is 0. The summed E-state index contributed by atoms with van der Waals surface area (Å²) in [6.07, 6.45) is 5.13. The van der Waals surface area contributed by atoms with E-state index in [2.05, 4.69) is 4.90 Å². The number of fused-ring (bicyclic) bond motifs is 3. The first-order valence-electron chi connectivity index (χ1n) is 6.75. The van der Waals surface area contributed by atoms with Gasteiger partial charge in [0.15, 0.2) is 0 Å².